The van der Waals surface area contributed by atoms with Crippen LogP contribution in [0, 0.1) is 17.7 Å². The van der Waals surface area contributed by atoms with Crippen LogP contribution >= 0.6 is 12.4 Å². The Bertz CT molecular complexity index is 1140. The molecule has 1 aromatic carbocycles. The number of hydrogen-bond donors (Lipinski definition) is 2. The van der Waals surface area contributed by atoms with Gasteiger partial charge >= 0.3 is 5.97 Å². The van der Waals surface area contributed by atoms with Gasteiger partial charge in [0.15, 0.2) is 11.6 Å². The predicted octanol–water partition coefficient (Wildman–Crippen LogP) is 2.94. The molecule has 0 unspecified atom stereocenters. The van der Waals surface area contributed by atoms with Crippen molar-refractivity contribution >= 4 is 35.0 Å². The molecule has 9 heteroatoms. The van der Waals surface area contributed by atoms with Crippen molar-refractivity contribution in [3.05, 3.63) is 46.0 Å². The number of methoxy groups -OCH3 is 1. The molecule has 2 heterocycles. The summed E-state index contributed by atoms with van der Waals surface area (Å²) in [5.74, 6) is -1.04. The van der Waals surface area contributed by atoms with E-state index in [9.17, 15) is 14.7 Å². The number of nitrogens with zero attached hydrogens (tertiary/aromatic N) is 2. The molecule has 5 rings (SSSR count). The van der Waals surface area contributed by atoms with Gasteiger partial charge in [0.25, 0.3) is 0 Å². The van der Waals surface area contributed by atoms with Gasteiger partial charge < -0.3 is 25.0 Å². The first kappa shape index (κ1) is 21.6. The zero-order valence-corrected chi connectivity index (χ0v) is 17.9. The molecule has 3 aliphatic rings. The SMILES string of the molecule is COc1c(N2C[C@H]3CC=C[C@@H](N)[C@H]3C2)c(F)cc2c(=O)c(C(=O)O)cn(C3CC3)c12.Cl. The first-order valence-corrected chi connectivity index (χ1v) is 10.3. The van der Waals surface area contributed by atoms with E-state index in [4.69, 9.17) is 10.5 Å². The van der Waals surface area contributed by atoms with Gasteiger partial charge in [0.2, 0.25) is 5.43 Å². The minimum absolute atomic E-state index is 0. The highest BCUT2D eigenvalue weighted by atomic mass is 35.5. The molecular formula is C22H25ClFN3O4. The van der Waals surface area contributed by atoms with Crippen molar-refractivity contribution in [2.75, 3.05) is 25.1 Å². The minimum atomic E-state index is -1.31. The summed E-state index contributed by atoms with van der Waals surface area (Å²) in [4.78, 5) is 26.4. The van der Waals surface area contributed by atoms with E-state index in [-0.39, 0.29) is 47.1 Å². The summed E-state index contributed by atoms with van der Waals surface area (Å²) in [5, 5.41) is 9.49. The van der Waals surface area contributed by atoms with Gasteiger partial charge in [-0.2, -0.15) is 0 Å². The predicted molar refractivity (Wildman–Crippen MR) is 118 cm³/mol. The molecular weight excluding hydrogens is 425 g/mol. The molecule has 0 spiro atoms. The number of carboxylic acid groups (broad SMARTS) is 1. The molecule has 1 aliphatic heterocycles. The molecule has 3 N–H and O–H groups in total. The van der Waals surface area contributed by atoms with E-state index in [0.29, 0.717) is 30.2 Å². The first-order chi connectivity index (χ1) is 14.4. The number of carbonyl (C=O) groups is 1. The van der Waals surface area contributed by atoms with Gasteiger partial charge in [-0.15, -0.1) is 12.4 Å². The Balaban J connectivity index is 0.00000231. The van der Waals surface area contributed by atoms with E-state index < -0.39 is 17.2 Å². The lowest BCUT2D eigenvalue weighted by Gasteiger charge is -2.25. The second-order valence-electron chi connectivity index (χ2n) is 8.52. The maximum Gasteiger partial charge on any atom is 0.341 e. The van der Waals surface area contributed by atoms with Gasteiger partial charge in [0, 0.05) is 31.4 Å². The lowest BCUT2D eigenvalue weighted by molar-refractivity contribution is 0.0695. The average molecular weight is 450 g/mol. The van der Waals surface area contributed by atoms with Crippen LogP contribution in [0.15, 0.2) is 29.2 Å². The highest BCUT2D eigenvalue weighted by Gasteiger charge is 2.40. The number of benzene rings is 1. The van der Waals surface area contributed by atoms with E-state index in [1.807, 2.05) is 11.0 Å². The number of rotatable bonds is 4. The fraction of sp³-hybridized carbons (Fsp3) is 0.455. The van der Waals surface area contributed by atoms with Crippen LogP contribution in [0.3, 0.4) is 0 Å². The molecule has 2 aromatic rings. The van der Waals surface area contributed by atoms with Crippen molar-refractivity contribution in [1.82, 2.24) is 4.57 Å². The Hall–Kier alpha value is -2.58. The molecule has 3 atom stereocenters. The second-order valence-corrected chi connectivity index (χ2v) is 8.52. The zero-order valence-electron chi connectivity index (χ0n) is 17.1. The largest absolute Gasteiger partial charge is 0.492 e. The van der Waals surface area contributed by atoms with Gasteiger partial charge in [-0.3, -0.25) is 4.79 Å². The van der Waals surface area contributed by atoms with Crippen molar-refractivity contribution in [3.8, 4) is 5.75 Å². The van der Waals surface area contributed by atoms with Crippen molar-refractivity contribution in [3.63, 3.8) is 0 Å². The Morgan fingerprint density at radius 3 is 2.68 bits per heavy atom. The third kappa shape index (κ3) is 3.38. The highest BCUT2D eigenvalue weighted by Crippen LogP contribution is 2.46. The lowest BCUT2D eigenvalue weighted by Crippen LogP contribution is -2.35. The number of fused-ring (bicyclic) bond motifs is 2. The van der Waals surface area contributed by atoms with Crippen LogP contribution < -0.4 is 20.8 Å². The number of hydrogen-bond acceptors (Lipinski definition) is 5. The van der Waals surface area contributed by atoms with Crippen molar-refractivity contribution in [1.29, 1.82) is 0 Å². The Morgan fingerprint density at radius 1 is 1.32 bits per heavy atom. The van der Waals surface area contributed by atoms with Gasteiger partial charge in [0.1, 0.15) is 11.3 Å². The molecule has 0 radical (unpaired) electrons. The van der Waals surface area contributed by atoms with E-state index in [0.717, 1.165) is 19.3 Å². The highest BCUT2D eigenvalue weighted by molar-refractivity contribution is 5.97. The first-order valence-electron chi connectivity index (χ1n) is 10.3. The molecule has 2 aliphatic carbocycles. The normalized spacial score (nSPS) is 24.7. The van der Waals surface area contributed by atoms with Crippen LogP contribution in [0.2, 0.25) is 0 Å². The van der Waals surface area contributed by atoms with E-state index in [2.05, 4.69) is 6.08 Å². The molecule has 7 nitrogen and oxygen atoms in total. The van der Waals surface area contributed by atoms with E-state index in [1.165, 1.54) is 19.4 Å². The second kappa shape index (κ2) is 7.84. The topological polar surface area (TPSA) is 97.8 Å². The fourth-order valence-electron chi connectivity index (χ4n) is 5.04. The molecule has 166 valence electrons. The summed E-state index contributed by atoms with van der Waals surface area (Å²) in [6, 6.07) is 1.18. The number of aromatic carboxylic acids is 1. The van der Waals surface area contributed by atoms with E-state index in [1.54, 1.807) is 4.57 Å². The number of pyridine rings is 1. The van der Waals surface area contributed by atoms with Crippen molar-refractivity contribution < 1.29 is 19.0 Å². The summed E-state index contributed by atoms with van der Waals surface area (Å²) in [7, 11) is 1.46. The third-order valence-corrected chi connectivity index (χ3v) is 6.67. The third-order valence-electron chi connectivity index (χ3n) is 6.67. The molecule has 31 heavy (non-hydrogen) atoms. The maximum atomic E-state index is 15.4. The van der Waals surface area contributed by atoms with Crippen LogP contribution in [0.5, 0.6) is 5.75 Å². The number of anilines is 1. The molecule has 2 fully saturated rings. The van der Waals surface area contributed by atoms with Crippen molar-refractivity contribution in [2.24, 2.45) is 17.6 Å². The van der Waals surface area contributed by atoms with Crippen LogP contribution in [0.1, 0.15) is 35.7 Å². The maximum absolute atomic E-state index is 15.4. The number of nitrogens with two attached hydrogens (primary N) is 1. The standard InChI is InChI=1S/C22H24FN3O4.ClH/c1-30-21-18-13(20(27)15(22(28)29)10-26(18)12-5-6-12)7-16(23)19(21)25-8-11-3-2-4-17(24)14(11)9-25;/h2,4,7,10-12,14,17H,3,5-6,8-9,24H2,1H3,(H,28,29);1H/t11-,14+,17-;/m1./s1. The lowest BCUT2D eigenvalue weighted by atomic mass is 9.83. The molecule has 1 saturated carbocycles. The monoisotopic (exact) mass is 449 g/mol. The summed E-state index contributed by atoms with van der Waals surface area (Å²) >= 11 is 0. The summed E-state index contributed by atoms with van der Waals surface area (Å²) in [6.07, 6.45) is 8.13. The van der Waals surface area contributed by atoms with Crippen molar-refractivity contribution in [2.45, 2.75) is 31.3 Å². The number of halogens is 2. The van der Waals surface area contributed by atoms with Crippen LogP contribution in [-0.2, 0) is 0 Å². The molecule has 1 aromatic heterocycles. The summed E-state index contributed by atoms with van der Waals surface area (Å²) in [6.45, 7) is 1.26. The Labute approximate surface area is 184 Å². The average Bonchev–Trinajstić information content (AvgIpc) is 3.46. The fourth-order valence-corrected chi connectivity index (χ4v) is 5.04. The molecule has 1 saturated heterocycles. The summed E-state index contributed by atoms with van der Waals surface area (Å²) < 4.78 is 22.8. The number of allylic oxidation sites excluding steroid dienone is 1. The number of aromatic nitrogens is 1. The Kier molecular flexibility index (Phi) is 5.47. The minimum Gasteiger partial charge on any atom is -0.492 e. The quantitative estimate of drug-likeness (QED) is 0.696. The molecule has 0 amide bonds. The number of ether oxygens (including phenoxy) is 1. The van der Waals surface area contributed by atoms with Crippen LogP contribution in [0.4, 0.5) is 10.1 Å². The van der Waals surface area contributed by atoms with Gasteiger partial charge in [-0.25, -0.2) is 9.18 Å². The molecule has 0 bridgehead atoms. The van der Waals surface area contributed by atoms with Gasteiger partial charge in [-0.1, -0.05) is 12.2 Å². The van der Waals surface area contributed by atoms with Crippen LogP contribution in [-0.4, -0.2) is 41.9 Å². The van der Waals surface area contributed by atoms with Crippen LogP contribution in [0.25, 0.3) is 10.9 Å². The van der Waals surface area contributed by atoms with Gasteiger partial charge in [0.05, 0.1) is 18.0 Å². The zero-order chi connectivity index (χ0) is 21.2. The Morgan fingerprint density at radius 2 is 2.06 bits per heavy atom. The number of carboxylic acids is 1. The smallest absolute Gasteiger partial charge is 0.341 e. The summed E-state index contributed by atoms with van der Waals surface area (Å²) in [5.41, 5.74) is 5.99. The van der Waals surface area contributed by atoms with Gasteiger partial charge in [-0.05, 0) is 37.2 Å². The van der Waals surface area contributed by atoms with E-state index >= 15 is 4.39 Å².